The maximum Gasteiger partial charge on any atom is 0.137 e. The third-order valence-electron chi connectivity index (χ3n) is 4.14. The Kier molecular flexibility index (Phi) is 6.80. The van der Waals surface area contributed by atoms with Gasteiger partial charge in [0.05, 0.1) is 18.7 Å². The summed E-state index contributed by atoms with van der Waals surface area (Å²) >= 11 is 6.15. The van der Waals surface area contributed by atoms with E-state index in [9.17, 15) is 0 Å². The van der Waals surface area contributed by atoms with Crippen LogP contribution in [0.5, 0.6) is 11.5 Å². The second-order valence-corrected chi connectivity index (χ2v) is 6.41. The molecule has 0 aliphatic rings. The first-order chi connectivity index (χ1) is 11.5. The van der Waals surface area contributed by atoms with Crippen LogP contribution >= 0.6 is 11.6 Å². The summed E-state index contributed by atoms with van der Waals surface area (Å²) in [6.07, 6.45) is 1.13. The van der Waals surface area contributed by atoms with Gasteiger partial charge in [0.1, 0.15) is 17.6 Å². The van der Waals surface area contributed by atoms with E-state index in [1.807, 2.05) is 30.3 Å². The number of nitrogens with one attached hydrogen (secondary N) is 1. The van der Waals surface area contributed by atoms with Crippen molar-refractivity contribution in [2.45, 2.75) is 39.2 Å². The molecular weight excluding hydrogens is 322 g/mol. The van der Waals surface area contributed by atoms with Crippen molar-refractivity contribution in [1.82, 2.24) is 0 Å². The van der Waals surface area contributed by atoms with Crippen LogP contribution in [0.1, 0.15) is 38.7 Å². The second-order valence-electron chi connectivity index (χ2n) is 6.01. The normalized spacial score (nSPS) is 13.2. The average molecular weight is 348 g/mol. The quantitative estimate of drug-likeness (QED) is 0.660. The van der Waals surface area contributed by atoms with E-state index in [-0.39, 0.29) is 6.10 Å². The molecule has 3 nitrogen and oxygen atoms in total. The molecule has 2 atom stereocenters. The van der Waals surface area contributed by atoms with Crippen LogP contribution in [-0.2, 0) is 0 Å². The highest BCUT2D eigenvalue weighted by Crippen LogP contribution is 2.30. The molecule has 0 amide bonds. The number of halogens is 1. The van der Waals surface area contributed by atoms with Gasteiger partial charge in [0, 0.05) is 5.69 Å². The number of methoxy groups -OCH3 is 1. The van der Waals surface area contributed by atoms with Crippen molar-refractivity contribution in [1.29, 1.82) is 0 Å². The molecule has 24 heavy (non-hydrogen) atoms. The molecule has 2 rings (SSSR count). The summed E-state index contributed by atoms with van der Waals surface area (Å²) in [6, 6.07) is 13.9. The first-order valence-corrected chi connectivity index (χ1v) is 8.76. The maximum atomic E-state index is 6.15. The third kappa shape index (κ3) is 4.81. The fourth-order valence-corrected chi connectivity index (χ4v) is 2.77. The molecule has 2 unspecified atom stereocenters. The molecule has 0 saturated heterocycles. The molecule has 0 aromatic heterocycles. The highest BCUT2D eigenvalue weighted by molar-refractivity contribution is 6.32. The van der Waals surface area contributed by atoms with E-state index in [2.05, 4.69) is 38.2 Å². The number of rotatable bonds is 8. The molecule has 0 fully saturated rings. The van der Waals surface area contributed by atoms with E-state index in [0.717, 1.165) is 17.9 Å². The van der Waals surface area contributed by atoms with Crippen LogP contribution in [-0.4, -0.2) is 19.8 Å². The van der Waals surface area contributed by atoms with Crippen molar-refractivity contribution in [2.75, 3.05) is 19.0 Å². The van der Waals surface area contributed by atoms with Crippen molar-refractivity contribution in [3.63, 3.8) is 0 Å². The fourth-order valence-electron chi connectivity index (χ4n) is 2.51. The molecule has 2 aromatic carbocycles. The van der Waals surface area contributed by atoms with Crippen molar-refractivity contribution in [3.8, 4) is 11.5 Å². The molecule has 1 N–H and O–H groups in total. The van der Waals surface area contributed by atoms with Crippen LogP contribution < -0.4 is 14.8 Å². The lowest BCUT2D eigenvalue weighted by atomic mass is 9.98. The van der Waals surface area contributed by atoms with Crippen LogP contribution in [0, 0.1) is 0 Å². The van der Waals surface area contributed by atoms with Crippen molar-refractivity contribution in [3.05, 3.63) is 53.1 Å². The first kappa shape index (κ1) is 18.5. The van der Waals surface area contributed by atoms with E-state index < -0.39 is 0 Å². The third-order valence-corrected chi connectivity index (χ3v) is 4.43. The van der Waals surface area contributed by atoms with Crippen LogP contribution in [0.25, 0.3) is 0 Å². The molecular formula is C20H26ClNO2. The second kappa shape index (κ2) is 8.84. The van der Waals surface area contributed by atoms with Gasteiger partial charge in [0.25, 0.3) is 0 Å². The van der Waals surface area contributed by atoms with Gasteiger partial charge in [-0.3, -0.25) is 0 Å². The summed E-state index contributed by atoms with van der Waals surface area (Å²) < 4.78 is 11.3. The Bertz CT molecular complexity index is 660. The van der Waals surface area contributed by atoms with Gasteiger partial charge in [-0.25, -0.2) is 0 Å². The van der Waals surface area contributed by atoms with E-state index in [1.165, 1.54) is 5.56 Å². The summed E-state index contributed by atoms with van der Waals surface area (Å²) in [4.78, 5) is 0. The number of ether oxygens (including phenoxy) is 2. The Morgan fingerprint density at radius 3 is 2.50 bits per heavy atom. The predicted octanol–water partition coefficient (Wildman–Crippen LogP) is 5.74. The molecule has 0 bridgehead atoms. The lowest BCUT2D eigenvalue weighted by molar-refractivity contribution is 0.231. The van der Waals surface area contributed by atoms with Crippen molar-refractivity contribution < 1.29 is 9.47 Å². The minimum absolute atomic E-state index is 0.0380. The summed E-state index contributed by atoms with van der Waals surface area (Å²) in [5, 5.41) is 3.95. The Morgan fingerprint density at radius 1 is 1.08 bits per heavy atom. The monoisotopic (exact) mass is 347 g/mol. The van der Waals surface area contributed by atoms with E-state index in [0.29, 0.717) is 23.2 Å². The van der Waals surface area contributed by atoms with Gasteiger partial charge in [0.15, 0.2) is 0 Å². The van der Waals surface area contributed by atoms with E-state index >= 15 is 0 Å². The van der Waals surface area contributed by atoms with Crippen LogP contribution in [0.15, 0.2) is 42.5 Å². The summed E-state index contributed by atoms with van der Waals surface area (Å²) in [5.41, 5.74) is 2.21. The molecule has 0 aliphatic heterocycles. The SMILES string of the molecule is CCC(C)c1ccccc1OC(C)CNc1ccc(OC)c(Cl)c1. The van der Waals surface area contributed by atoms with Gasteiger partial charge in [-0.15, -0.1) is 0 Å². The van der Waals surface area contributed by atoms with Crippen LogP contribution in [0.2, 0.25) is 5.02 Å². The first-order valence-electron chi connectivity index (χ1n) is 8.38. The Morgan fingerprint density at radius 2 is 1.83 bits per heavy atom. The molecule has 130 valence electrons. The van der Waals surface area contributed by atoms with Crippen LogP contribution in [0.4, 0.5) is 5.69 Å². The van der Waals surface area contributed by atoms with Gasteiger partial charge >= 0.3 is 0 Å². The Balaban J connectivity index is 1.96. The molecule has 0 heterocycles. The molecule has 2 aromatic rings. The lowest BCUT2D eigenvalue weighted by Crippen LogP contribution is -2.23. The average Bonchev–Trinajstić information content (AvgIpc) is 2.60. The van der Waals surface area contributed by atoms with Crippen molar-refractivity contribution >= 4 is 17.3 Å². The van der Waals surface area contributed by atoms with E-state index in [1.54, 1.807) is 7.11 Å². The summed E-state index contributed by atoms with van der Waals surface area (Å²) in [7, 11) is 1.61. The number of hydrogen-bond acceptors (Lipinski definition) is 3. The van der Waals surface area contributed by atoms with Gasteiger partial charge in [-0.05, 0) is 49.1 Å². The number of para-hydroxylation sites is 1. The smallest absolute Gasteiger partial charge is 0.137 e. The number of anilines is 1. The van der Waals surface area contributed by atoms with Crippen LogP contribution in [0.3, 0.4) is 0 Å². The predicted molar refractivity (Wildman–Crippen MR) is 102 cm³/mol. The highest BCUT2D eigenvalue weighted by atomic mass is 35.5. The molecule has 0 radical (unpaired) electrons. The van der Waals surface area contributed by atoms with Gasteiger partial charge < -0.3 is 14.8 Å². The highest BCUT2D eigenvalue weighted by Gasteiger charge is 2.12. The minimum Gasteiger partial charge on any atom is -0.495 e. The zero-order chi connectivity index (χ0) is 17.5. The van der Waals surface area contributed by atoms with Gasteiger partial charge in [-0.2, -0.15) is 0 Å². The number of hydrogen-bond donors (Lipinski definition) is 1. The van der Waals surface area contributed by atoms with Crippen molar-refractivity contribution in [2.24, 2.45) is 0 Å². The lowest BCUT2D eigenvalue weighted by Gasteiger charge is -2.21. The number of benzene rings is 2. The summed E-state index contributed by atoms with van der Waals surface area (Å²) in [6.45, 7) is 7.17. The molecule has 0 spiro atoms. The zero-order valence-corrected chi connectivity index (χ0v) is 15.6. The molecule has 0 aliphatic carbocycles. The largest absolute Gasteiger partial charge is 0.495 e. The van der Waals surface area contributed by atoms with Gasteiger partial charge in [0.2, 0.25) is 0 Å². The zero-order valence-electron chi connectivity index (χ0n) is 14.8. The molecule has 4 heteroatoms. The molecule has 0 saturated carbocycles. The topological polar surface area (TPSA) is 30.5 Å². The maximum absolute atomic E-state index is 6.15. The van der Waals surface area contributed by atoms with E-state index in [4.69, 9.17) is 21.1 Å². The fraction of sp³-hybridized carbons (Fsp3) is 0.400. The minimum atomic E-state index is 0.0380. The summed E-state index contributed by atoms with van der Waals surface area (Å²) in [5.74, 6) is 2.13. The Labute approximate surface area is 149 Å². The van der Waals surface area contributed by atoms with Gasteiger partial charge in [-0.1, -0.05) is 43.6 Å². The standard InChI is InChI=1S/C20H26ClNO2/c1-5-14(2)17-8-6-7-9-19(17)24-15(3)13-22-16-10-11-20(23-4)18(21)12-16/h6-12,14-15,22H,5,13H2,1-4H3. The Hall–Kier alpha value is -1.87.